The maximum absolute atomic E-state index is 12.0. The number of amides is 3. The van der Waals surface area contributed by atoms with Gasteiger partial charge in [0.05, 0.1) is 12.6 Å². The second kappa shape index (κ2) is 10.9. The Balaban J connectivity index is 4.76. The first-order valence-electron chi connectivity index (χ1n) is 7.66. The summed E-state index contributed by atoms with van der Waals surface area (Å²) in [5, 5.41) is 25.1. The maximum Gasteiger partial charge on any atom is 0.326 e. The van der Waals surface area contributed by atoms with E-state index in [4.69, 9.17) is 10.8 Å². The van der Waals surface area contributed by atoms with Crippen LogP contribution >= 0.6 is 12.6 Å². The van der Waals surface area contributed by atoms with Crippen molar-refractivity contribution in [2.75, 3.05) is 12.4 Å². The molecular weight excluding hydrogens is 352 g/mol. The molecule has 0 aromatic rings. The monoisotopic (exact) mass is 378 g/mol. The highest BCUT2D eigenvalue weighted by molar-refractivity contribution is 7.80. The summed E-state index contributed by atoms with van der Waals surface area (Å²) in [5.74, 6) is -3.67. The average molecular weight is 378 g/mol. The Morgan fingerprint density at radius 3 is 1.96 bits per heavy atom. The third-order valence-electron chi connectivity index (χ3n) is 3.33. The van der Waals surface area contributed by atoms with Crippen LogP contribution in [0.4, 0.5) is 0 Å². The first-order valence-corrected chi connectivity index (χ1v) is 8.29. The first kappa shape index (κ1) is 23.1. The van der Waals surface area contributed by atoms with Crippen molar-refractivity contribution < 1.29 is 29.4 Å². The zero-order valence-corrected chi connectivity index (χ0v) is 15.2. The molecule has 4 unspecified atom stereocenters. The number of nitrogens with one attached hydrogen (secondary N) is 3. The molecular formula is C14H26N4O6S. The largest absolute Gasteiger partial charge is 0.480 e. The minimum Gasteiger partial charge on any atom is -0.480 e. The molecule has 10 nitrogen and oxygen atoms in total. The van der Waals surface area contributed by atoms with Crippen molar-refractivity contribution in [3.63, 3.8) is 0 Å². The van der Waals surface area contributed by atoms with Crippen LogP contribution in [0.2, 0.25) is 0 Å². The molecule has 4 atom stereocenters. The number of thiol groups is 1. The van der Waals surface area contributed by atoms with Gasteiger partial charge < -0.3 is 31.9 Å². The summed E-state index contributed by atoms with van der Waals surface area (Å²) in [6.07, 6.45) is 0. The molecule has 0 saturated heterocycles. The van der Waals surface area contributed by atoms with Crippen LogP contribution in [0.1, 0.15) is 20.8 Å². The number of hydrogen-bond donors (Lipinski definition) is 7. The average Bonchev–Trinajstić information content (AvgIpc) is 2.54. The Hall–Kier alpha value is -1.85. The number of aliphatic carboxylic acids is 1. The normalized spacial score (nSPS) is 15.6. The lowest BCUT2D eigenvalue weighted by molar-refractivity contribution is -0.143. The van der Waals surface area contributed by atoms with E-state index < -0.39 is 54.5 Å². The molecule has 144 valence electrons. The number of rotatable bonds is 10. The fraction of sp³-hybridized carbons (Fsp3) is 0.714. The molecule has 0 aromatic carbocycles. The smallest absolute Gasteiger partial charge is 0.326 e. The SMILES string of the molecule is CC(NC(=O)C(CO)NC(=O)C(N)CS)C(=O)NC(C(=O)O)C(C)C. The van der Waals surface area contributed by atoms with Crippen LogP contribution in [0.5, 0.6) is 0 Å². The lowest BCUT2D eigenvalue weighted by Gasteiger charge is -2.23. The summed E-state index contributed by atoms with van der Waals surface area (Å²) in [4.78, 5) is 46.8. The summed E-state index contributed by atoms with van der Waals surface area (Å²) in [6, 6.07) is -4.42. The zero-order valence-electron chi connectivity index (χ0n) is 14.4. The Morgan fingerprint density at radius 2 is 1.56 bits per heavy atom. The van der Waals surface area contributed by atoms with Crippen molar-refractivity contribution in [3.05, 3.63) is 0 Å². The van der Waals surface area contributed by atoms with E-state index in [9.17, 15) is 24.3 Å². The van der Waals surface area contributed by atoms with Crippen LogP contribution in [0.25, 0.3) is 0 Å². The Morgan fingerprint density at radius 1 is 1.00 bits per heavy atom. The number of aliphatic hydroxyl groups excluding tert-OH is 1. The van der Waals surface area contributed by atoms with E-state index in [1.54, 1.807) is 13.8 Å². The Kier molecular flexibility index (Phi) is 10.1. The third-order valence-corrected chi connectivity index (χ3v) is 3.72. The molecule has 0 aromatic heterocycles. The molecule has 7 N–H and O–H groups in total. The van der Waals surface area contributed by atoms with E-state index in [-0.39, 0.29) is 11.7 Å². The van der Waals surface area contributed by atoms with E-state index in [2.05, 4.69) is 28.6 Å². The van der Waals surface area contributed by atoms with Crippen molar-refractivity contribution in [2.45, 2.75) is 44.9 Å². The van der Waals surface area contributed by atoms with Gasteiger partial charge in [-0.2, -0.15) is 12.6 Å². The van der Waals surface area contributed by atoms with Gasteiger partial charge in [0.2, 0.25) is 17.7 Å². The van der Waals surface area contributed by atoms with Gasteiger partial charge in [-0.25, -0.2) is 4.79 Å². The van der Waals surface area contributed by atoms with Crippen molar-refractivity contribution >= 4 is 36.3 Å². The van der Waals surface area contributed by atoms with Gasteiger partial charge in [-0.3, -0.25) is 14.4 Å². The zero-order chi connectivity index (χ0) is 19.7. The fourth-order valence-corrected chi connectivity index (χ4v) is 1.89. The summed E-state index contributed by atoms with van der Waals surface area (Å²) < 4.78 is 0. The molecule has 0 aliphatic carbocycles. The number of aliphatic hydroxyl groups is 1. The predicted octanol–water partition coefficient (Wildman–Crippen LogP) is -2.55. The van der Waals surface area contributed by atoms with Crippen molar-refractivity contribution in [1.82, 2.24) is 16.0 Å². The number of carbonyl (C=O) groups excluding carboxylic acids is 3. The van der Waals surface area contributed by atoms with Crippen molar-refractivity contribution in [2.24, 2.45) is 11.7 Å². The second-order valence-electron chi connectivity index (χ2n) is 5.83. The van der Waals surface area contributed by atoms with E-state index in [1.807, 2.05) is 0 Å². The highest BCUT2D eigenvalue weighted by Crippen LogP contribution is 2.02. The van der Waals surface area contributed by atoms with Gasteiger partial charge in [0.1, 0.15) is 18.1 Å². The summed E-state index contributed by atoms with van der Waals surface area (Å²) in [7, 11) is 0. The minimum atomic E-state index is -1.30. The fourth-order valence-electron chi connectivity index (χ4n) is 1.73. The topological polar surface area (TPSA) is 171 Å². The number of nitrogens with two attached hydrogens (primary N) is 1. The number of hydrogen-bond acceptors (Lipinski definition) is 7. The first-order chi connectivity index (χ1) is 11.5. The number of carboxylic acids is 1. The van der Waals surface area contributed by atoms with Gasteiger partial charge in [0, 0.05) is 5.75 Å². The van der Waals surface area contributed by atoms with Gasteiger partial charge >= 0.3 is 5.97 Å². The van der Waals surface area contributed by atoms with Crippen molar-refractivity contribution in [3.8, 4) is 0 Å². The van der Waals surface area contributed by atoms with Crippen LogP contribution in [0.15, 0.2) is 0 Å². The molecule has 0 rings (SSSR count). The molecule has 0 bridgehead atoms. The predicted molar refractivity (Wildman–Crippen MR) is 92.9 cm³/mol. The molecule has 0 fully saturated rings. The molecule has 0 radical (unpaired) electrons. The molecule has 11 heteroatoms. The minimum absolute atomic E-state index is 0.0518. The second-order valence-corrected chi connectivity index (χ2v) is 6.20. The van der Waals surface area contributed by atoms with E-state index >= 15 is 0 Å². The standard InChI is InChI=1S/C14H26N4O6S/c1-6(2)10(14(23)24)18-11(20)7(3)16-13(22)9(4-19)17-12(21)8(15)5-25/h6-10,19,25H,4-5,15H2,1-3H3,(H,16,22)(H,17,21)(H,18,20)(H,23,24). The molecule has 0 aliphatic heterocycles. The number of carboxylic acid groups (broad SMARTS) is 1. The maximum atomic E-state index is 12.0. The Bertz CT molecular complexity index is 502. The lowest BCUT2D eigenvalue weighted by atomic mass is 10.0. The highest BCUT2D eigenvalue weighted by atomic mass is 32.1. The van der Waals surface area contributed by atoms with Crippen LogP contribution in [-0.2, 0) is 19.2 Å². The van der Waals surface area contributed by atoms with Crippen LogP contribution in [0, 0.1) is 5.92 Å². The van der Waals surface area contributed by atoms with E-state index in [0.717, 1.165) is 0 Å². The van der Waals surface area contributed by atoms with E-state index in [1.165, 1.54) is 6.92 Å². The quantitative estimate of drug-likeness (QED) is 0.205. The van der Waals surface area contributed by atoms with Gasteiger partial charge in [0.15, 0.2) is 0 Å². The van der Waals surface area contributed by atoms with E-state index in [0.29, 0.717) is 0 Å². The number of carbonyl (C=O) groups is 4. The van der Waals surface area contributed by atoms with Crippen LogP contribution in [-0.4, -0.2) is 70.4 Å². The summed E-state index contributed by atoms with van der Waals surface area (Å²) in [6.45, 7) is 3.91. The molecule has 0 aliphatic rings. The molecule has 25 heavy (non-hydrogen) atoms. The molecule has 0 spiro atoms. The summed E-state index contributed by atoms with van der Waals surface area (Å²) >= 11 is 3.86. The van der Waals surface area contributed by atoms with Crippen LogP contribution in [0.3, 0.4) is 0 Å². The molecule has 0 saturated carbocycles. The van der Waals surface area contributed by atoms with Gasteiger partial charge in [-0.05, 0) is 12.8 Å². The summed E-state index contributed by atoms with van der Waals surface area (Å²) in [5.41, 5.74) is 5.46. The van der Waals surface area contributed by atoms with Gasteiger partial charge in [0.25, 0.3) is 0 Å². The Labute approximate surface area is 151 Å². The lowest BCUT2D eigenvalue weighted by Crippen LogP contribution is -2.57. The van der Waals surface area contributed by atoms with Crippen molar-refractivity contribution in [1.29, 1.82) is 0 Å². The van der Waals surface area contributed by atoms with Gasteiger partial charge in [-0.15, -0.1) is 0 Å². The highest BCUT2D eigenvalue weighted by Gasteiger charge is 2.28. The van der Waals surface area contributed by atoms with Gasteiger partial charge in [-0.1, -0.05) is 13.8 Å². The van der Waals surface area contributed by atoms with Crippen LogP contribution < -0.4 is 21.7 Å². The molecule has 3 amide bonds. The third kappa shape index (κ3) is 7.71. The molecule has 0 heterocycles.